The molecule has 4 aromatic rings. The van der Waals surface area contributed by atoms with Gasteiger partial charge in [0, 0.05) is 41.3 Å². The molecule has 0 aliphatic carbocycles. The van der Waals surface area contributed by atoms with Crippen LogP contribution in [0.4, 0.5) is 4.39 Å². The van der Waals surface area contributed by atoms with Crippen molar-refractivity contribution in [3.63, 3.8) is 0 Å². The van der Waals surface area contributed by atoms with Crippen LogP contribution in [0.3, 0.4) is 0 Å². The number of benzene rings is 1. The summed E-state index contributed by atoms with van der Waals surface area (Å²) in [6.45, 7) is 0. The van der Waals surface area contributed by atoms with Gasteiger partial charge in [-0.05, 0) is 24.3 Å². The van der Waals surface area contributed by atoms with Crippen molar-refractivity contribution in [1.29, 1.82) is 0 Å². The van der Waals surface area contributed by atoms with Gasteiger partial charge in [-0.25, -0.2) is 13.9 Å². The Morgan fingerprint density at radius 2 is 1.96 bits per heavy atom. The van der Waals surface area contributed by atoms with E-state index in [1.54, 1.807) is 35.4 Å². The third-order valence-corrected chi connectivity index (χ3v) is 3.81. The molecule has 0 saturated carbocycles. The Labute approximate surface area is 137 Å². The molecule has 0 spiro atoms. The number of hydrogen-bond acceptors (Lipinski definition) is 4. The van der Waals surface area contributed by atoms with Gasteiger partial charge in [-0.15, -0.1) is 0 Å². The van der Waals surface area contributed by atoms with Crippen LogP contribution in [0, 0.1) is 5.82 Å². The molecule has 3 heterocycles. The average molecular weight is 320 g/mol. The largest absolute Gasteiger partial charge is 0.496 e. The van der Waals surface area contributed by atoms with Crippen LogP contribution in [0.5, 0.6) is 5.75 Å². The molecule has 0 aliphatic rings. The highest BCUT2D eigenvalue weighted by molar-refractivity contribution is 5.79. The average Bonchev–Trinajstić information content (AvgIpc) is 3.06. The van der Waals surface area contributed by atoms with Gasteiger partial charge in [0.15, 0.2) is 5.65 Å². The SMILES string of the molecule is COc1cc(F)ccc1-c1cnc2c(-c3cccnc3)ccnn12. The summed E-state index contributed by atoms with van der Waals surface area (Å²) < 4.78 is 20.5. The molecule has 0 unspecified atom stereocenters. The number of aromatic nitrogens is 4. The van der Waals surface area contributed by atoms with E-state index >= 15 is 0 Å². The maximum Gasteiger partial charge on any atom is 0.162 e. The number of fused-ring (bicyclic) bond motifs is 1. The fourth-order valence-corrected chi connectivity index (χ4v) is 2.70. The third kappa shape index (κ3) is 2.28. The monoisotopic (exact) mass is 320 g/mol. The van der Waals surface area contributed by atoms with Gasteiger partial charge in [0.2, 0.25) is 0 Å². The molecule has 0 N–H and O–H groups in total. The van der Waals surface area contributed by atoms with Crippen molar-refractivity contribution in [3.8, 4) is 28.1 Å². The highest BCUT2D eigenvalue weighted by atomic mass is 19.1. The summed E-state index contributed by atoms with van der Waals surface area (Å²) in [6, 6.07) is 10.1. The zero-order valence-corrected chi connectivity index (χ0v) is 12.8. The Morgan fingerprint density at radius 3 is 2.75 bits per heavy atom. The van der Waals surface area contributed by atoms with Gasteiger partial charge >= 0.3 is 0 Å². The number of nitrogens with zero attached hydrogens (tertiary/aromatic N) is 4. The summed E-state index contributed by atoms with van der Waals surface area (Å²) in [5.41, 5.74) is 4.03. The number of imidazole rings is 1. The van der Waals surface area contributed by atoms with Crippen LogP contribution in [-0.2, 0) is 0 Å². The third-order valence-electron chi connectivity index (χ3n) is 3.81. The van der Waals surface area contributed by atoms with Crippen molar-refractivity contribution in [2.45, 2.75) is 0 Å². The van der Waals surface area contributed by atoms with Crippen molar-refractivity contribution in [2.75, 3.05) is 7.11 Å². The van der Waals surface area contributed by atoms with Crippen molar-refractivity contribution in [1.82, 2.24) is 19.6 Å². The minimum Gasteiger partial charge on any atom is -0.496 e. The minimum atomic E-state index is -0.353. The van der Waals surface area contributed by atoms with Crippen LogP contribution < -0.4 is 4.74 Å². The van der Waals surface area contributed by atoms with Crippen LogP contribution in [0.2, 0.25) is 0 Å². The van der Waals surface area contributed by atoms with Gasteiger partial charge in [-0.2, -0.15) is 5.10 Å². The molecule has 0 saturated heterocycles. The molecule has 5 nitrogen and oxygen atoms in total. The van der Waals surface area contributed by atoms with Crippen LogP contribution in [0.15, 0.2) is 61.2 Å². The van der Waals surface area contributed by atoms with Crippen LogP contribution >= 0.6 is 0 Å². The highest BCUT2D eigenvalue weighted by Gasteiger charge is 2.15. The molecule has 3 aromatic heterocycles. The van der Waals surface area contributed by atoms with Crippen molar-refractivity contribution >= 4 is 5.65 Å². The summed E-state index contributed by atoms with van der Waals surface area (Å²) >= 11 is 0. The molecule has 0 atom stereocenters. The van der Waals surface area contributed by atoms with Gasteiger partial charge in [0.25, 0.3) is 0 Å². The van der Waals surface area contributed by atoms with Gasteiger partial charge in [-0.3, -0.25) is 4.98 Å². The Kier molecular flexibility index (Phi) is 3.42. The Bertz CT molecular complexity index is 1010. The van der Waals surface area contributed by atoms with E-state index in [1.165, 1.54) is 19.2 Å². The van der Waals surface area contributed by atoms with Crippen molar-refractivity contribution in [2.24, 2.45) is 0 Å². The van der Waals surface area contributed by atoms with Gasteiger partial charge in [0.1, 0.15) is 11.6 Å². The van der Waals surface area contributed by atoms with Crippen LogP contribution in [0.25, 0.3) is 28.0 Å². The van der Waals surface area contributed by atoms with E-state index in [0.29, 0.717) is 11.4 Å². The minimum absolute atomic E-state index is 0.353. The molecule has 1 aromatic carbocycles. The van der Waals surface area contributed by atoms with E-state index in [4.69, 9.17) is 4.74 Å². The van der Waals surface area contributed by atoms with E-state index in [9.17, 15) is 4.39 Å². The Balaban J connectivity index is 1.94. The molecule has 118 valence electrons. The smallest absolute Gasteiger partial charge is 0.162 e. The van der Waals surface area contributed by atoms with E-state index in [2.05, 4.69) is 15.1 Å². The summed E-state index contributed by atoms with van der Waals surface area (Å²) in [5, 5.41) is 4.39. The maximum atomic E-state index is 13.5. The lowest BCUT2D eigenvalue weighted by molar-refractivity contribution is 0.412. The second-order valence-electron chi connectivity index (χ2n) is 5.21. The van der Waals surface area contributed by atoms with Gasteiger partial charge in [0.05, 0.1) is 19.0 Å². The predicted octanol–water partition coefficient (Wildman–Crippen LogP) is 3.61. The summed E-state index contributed by atoms with van der Waals surface area (Å²) in [7, 11) is 1.51. The first kappa shape index (κ1) is 14.3. The second kappa shape index (κ2) is 5.73. The normalized spacial score (nSPS) is 10.9. The first-order valence-corrected chi connectivity index (χ1v) is 7.35. The van der Waals surface area contributed by atoms with Crippen molar-refractivity contribution in [3.05, 3.63) is 67.0 Å². The predicted molar refractivity (Wildman–Crippen MR) is 88.2 cm³/mol. The number of hydrogen-bond donors (Lipinski definition) is 0. The first-order chi connectivity index (χ1) is 11.8. The molecule has 4 rings (SSSR count). The number of rotatable bonds is 3. The maximum absolute atomic E-state index is 13.5. The number of ether oxygens (including phenoxy) is 1. The summed E-state index contributed by atoms with van der Waals surface area (Å²) in [4.78, 5) is 8.64. The lowest BCUT2D eigenvalue weighted by Gasteiger charge is -2.08. The number of halogens is 1. The Hall–Kier alpha value is -3.28. The van der Waals surface area contributed by atoms with E-state index in [1.807, 2.05) is 18.2 Å². The quantitative estimate of drug-likeness (QED) is 0.579. The Morgan fingerprint density at radius 1 is 1.04 bits per heavy atom. The lowest BCUT2D eigenvalue weighted by atomic mass is 10.1. The molecule has 6 heteroatoms. The molecule has 24 heavy (non-hydrogen) atoms. The van der Waals surface area contributed by atoms with Gasteiger partial charge < -0.3 is 4.74 Å². The zero-order chi connectivity index (χ0) is 16.5. The summed E-state index contributed by atoms with van der Waals surface area (Å²) in [6.07, 6.45) is 6.92. The number of pyridine rings is 1. The molecular weight excluding hydrogens is 307 g/mol. The van der Waals surface area contributed by atoms with Gasteiger partial charge in [-0.1, -0.05) is 6.07 Å². The van der Waals surface area contributed by atoms with E-state index in [-0.39, 0.29) is 5.82 Å². The fraction of sp³-hybridized carbons (Fsp3) is 0.0556. The molecule has 0 radical (unpaired) electrons. The molecule has 0 amide bonds. The molecule has 0 bridgehead atoms. The zero-order valence-electron chi connectivity index (χ0n) is 12.8. The van der Waals surface area contributed by atoms with E-state index < -0.39 is 0 Å². The second-order valence-corrected chi connectivity index (χ2v) is 5.21. The molecular formula is C18H13FN4O. The highest BCUT2D eigenvalue weighted by Crippen LogP contribution is 2.32. The lowest BCUT2D eigenvalue weighted by Crippen LogP contribution is -1.97. The van der Waals surface area contributed by atoms with E-state index in [0.717, 1.165) is 22.4 Å². The van der Waals surface area contributed by atoms with Crippen LogP contribution in [0.1, 0.15) is 0 Å². The molecule has 0 aliphatic heterocycles. The summed E-state index contributed by atoms with van der Waals surface area (Å²) in [5.74, 6) is 0.0822. The standard InChI is InChI=1S/C18H13FN4O/c1-24-17-9-13(19)4-5-15(17)16-11-21-18-14(6-8-22-23(16)18)12-3-2-7-20-10-12/h2-11H,1H3. The topological polar surface area (TPSA) is 52.3 Å². The molecule has 0 fully saturated rings. The number of methoxy groups -OCH3 is 1. The first-order valence-electron chi connectivity index (χ1n) is 7.35. The van der Waals surface area contributed by atoms with Crippen molar-refractivity contribution < 1.29 is 9.13 Å². The van der Waals surface area contributed by atoms with Crippen LogP contribution in [-0.4, -0.2) is 26.7 Å². The fourth-order valence-electron chi connectivity index (χ4n) is 2.70.